The molecule has 0 bridgehead atoms. The summed E-state index contributed by atoms with van der Waals surface area (Å²) in [6.07, 6.45) is 6.74. The summed E-state index contributed by atoms with van der Waals surface area (Å²) >= 11 is 0. The van der Waals surface area contributed by atoms with E-state index >= 15 is 0 Å². The van der Waals surface area contributed by atoms with E-state index in [1.165, 1.54) is 6.42 Å². The maximum absolute atomic E-state index is 11.9. The number of fused-ring (bicyclic) bond motifs is 1. The Bertz CT molecular complexity index is 534. The fourth-order valence-corrected chi connectivity index (χ4v) is 2.58. The SMILES string of the molecule is O=C(C=Cc1ccc2c(c1)OCO2)NC1CCCCNC1. The molecule has 2 aliphatic rings. The van der Waals surface area contributed by atoms with Crippen LogP contribution in [0.25, 0.3) is 6.08 Å². The zero-order valence-corrected chi connectivity index (χ0v) is 11.9. The molecular formula is C16H20N2O3. The summed E-state index contributed by atoms with van der Waals surface area (Å²) < 4.78 is 10.6. The molecule has 2 heterocycles. The molecule has 1 saturated heterocycles. The molecule has 0 aromatic heterocycles. The summed E-state index contributed by atoms with van der Waals surface area (Å²) in [6.45, 7) is 2.15. The lowest BCUT2D eigenvalue weighted by Crippen LogP contribution is -2.40. The zero-order chi connectivity index (χ0) is 14.5. The summed E-state index contributed by atoms with van der Waals surface area (Å²) in [5.74, 6) is 1.42. The molecule has 0 spiro atoms. The van der Waals surface area contributed by atoms with E-state index in [1.54, 1.807) is 12.2 Å². The van der Waals surface area contributed by atoms with E-state index in [0.717, 1.165) is 43.0 Å². The number of rotatable bonds is 3. The Morgan fingerprint density at radius 1 is 1.29 bits per heavy atom. The number of carbonyl (C=O) groups is 1. The molecule has 2 N–H and O–H groups in total. The van der Waals surface area contributed by atoms with Gasteiger partial charge in [0.25, 0.3) is 0 Å². The molecule has 0 saturated carbocycles. The Kier molecular flexibility index (Phi) is 4.40. The molecule has 0 radical (unpaired) electrons. The van der Waals surface area contributed by atoms with Crippen LogP contribution in [0, 0.1) is 0 Å². The molecule has 1 fully saturated rings. The smallest absolute Gasteiger partial charge is 0.244 e. The van der Waals surface area contributed by atoms with Crippen molar-refractivity contribution in [1.29, 1.82) is 0 Å². The number of benzene rings is 1. The molecule has 3 rings (SSSR count). The van der Waals surface area contributed by atoms with Gasteiger partial charge in [-0.2, -0.15) is 0 Å². The van der Waals surface area contributed by atoms with Gasteiger partial charge in [0.05, 0.1) is 0 Å². The zero-order valence-electron chi connectivity index (χ0n) is 11.9. The molecule has 5 nitrogen and oxygen atoms in total. The van der Waals surface area contributed by atoms with E-state index in [1.807, 2.05) is 18.2 Å². The molecule has 1 atom stereocenters. The van der Waals surface area contributed by atoms with Gasteiger partial charge in [0.2, 0.25) is 12.7 Å². The molecule has 1 aromatic rings. The molecule has 1 amide bonds. The average Bonchev–Trinajstić information content (AvgIpc) is 2.81. The first kappa shape index (κ1) is 13.9. The van der Waals surface area contributed by atoms with Crippen molar-refractivity contribution in [2.45, 2.75) is 25.3 Å². The summed E-state index contributed by atoms with van der Waals surface area (Å²) in [5, 5.41) is 6.37. The van der Waals surface area contributed by atoms with Crippen molar-refractivity contribution in [3.05, 3.63) is 29.8 Å². The minimum Gasteiger partial charge on any atom is -0.454 e. The molecular weight excluding hydrogens is 268 g/mol. The standard InChI is InChI=1S/C16H20N2O3/c19-16(18-13-3-1-2-8-17-10-13)7-5-12-4-6-14-15(9-12)21-11-20-14/h4-7,9,13,17H,1-3,8,10-11H2,(H,18,19). The van der Waals surface area contributed by atoms with Crippen molar-refractivity contribution in [1.82, 2.24) is 10.6 Å². The monoisotopic (exact) mass is 288 g/mol. The van der Waals surface area contributed by atoms with E-state index in [4.69, 9.17) is 9.47 Å². The Morgan fingerprint density at radius 2 is 2.19 bits per heavy atom. The summed E-state index contributed by atoms with van der Waals surface area (Å²) in [6, 6.07) is 5.86. The molecule has 5 heteroatoms. The van der Waals surface area contributed by atoms with Crippen molar-refractivity contribution in [2.24, 2.45) is 0 Å². The second-order valence-electron chi connectivity index (χ2n) is 5.35. The van der Waals surface area contributed by atoms with Gasteiger partial charge in [-0.25, -0.2) is 0 Å². The molecule has 21 heavy (non-hydrogen) atoms. The van der Waals surface area contributed by atoms with Crippen LogP contribution in [0.5, 0.6) is 11.5 Å². The van der Waals surface area contributed by atoms with E-state index in [9.17, 15) is 4.79 Å². The molecule has 1 unspecified atom stereocenters. The summed E-state index contributed by atoms with van der Waals surface area (Å²) in [5.41, 5.74) is 0.924. The van der Waals surface area contributed by atoms with Gasteiger partial charge >= 0.3 is 0 Å². The van der Waals surface area contributed by atoms with E-state index < -0.39 is 0 Å². The Morgan fingerprint density at radius 3 is 3.14 bits per heavy atom. The van der Waals surface area contributed by atoms with Gasteiger partial charge in [-0.1, -0.05) is 12.5 Å². The second kappa shape index (κ2) is 6.63. The summed E-state index contributed by atoms with van der Waals surface area (Å²) in [7, 11) is 0. The highest BCUT2D eigenvalue weighted by Gasteiger charge is 2.14. The van der Waals surface area contributed by atoms with E-state index in [-0.39, 0.29) is 18.7 Å². The van der Waals surface area contributed by atoms with Crippen molar-refractivity contribution in [2.75, 3.05) is 19.9 Å². The highest BCUT2D eigenvalue weighted by atomic mass is 16.7. The normalized spacial score (nSPS) is 21.2. The van der Waals surface area contributed by atoms with Crippen LogP contribution in [-0.2, 0) is 4.79 Å². The number of amides is 1. The topological polar surface area (TPSA) is 59.6 Å². The molecule has 2 aliphatic heterocycles. The number of hydrogen-bond donors (Lipinski definition) is 2. The maximum atomic E-state index is 11.9. The Balaban J connectivity index is 1.56. The number of hydrogen-bond acceptors (Lipinski definition) is 4. The minimum absolute atomic E-state index is 0.0543. The van der Waals surface area contributed by atoms with Crippen molar-refractivity contribution < 1.29 is 14.3 Å². The van der Waals surface area contributed by atoms with Crippen molar-refractivity contribution in [3.8, 4) is 11.5 Å². The van der Waals surface area contributed by atoms with Crippen LogP contribution < -0.4 is 20.1 Å². The first-order valence-corrected chi connectivity index (χ1v) is 7.40. The minimum atomic E-state index is -0.0543. The fourth-order valence-electron chi connectivity index (χ4n) is 2.58. The average molecular weight is 288 g/mol. The van der Waals surface area contributed by atoms with Gasteiger partial charge in [0, 0.05) is 18.7 Å². The lowest BCUT2D eigenvalue weighted by molar-refractivity contribution is -0.117. The maximum Gasteiger partial charge on any atom is 0.244 e. The van der Waals surface area contributed by atoms with Crippen molar-refractivity contribution >= 4 is 12.0 Å². The van der Waals surface area contributed by atoms with Crippen molar-refractivity contribution in [3.63, 3.8) is 0 Å². The highest BCUT2D eigenvalue weighted by molar-refractivity contribution is 5.92. The number of ether oxygens (including phenoxy) is 2. The first-order valence-electron chi connectivity index (χ1n) is 7.40. The van der Waals surface area contributed by atoms with Gasteiger partial charge in [-0.15, -0.1) is 0 Å². The Labute approximate surface area is 124 Å². The van der Waals surface area contributed by atoms with Crippen LogP contribution >= 0.6 is 0 Å². The molecule has 112 valence electrons. The van der Waals surface area contributed by atoms with Gasteiger partial charge in [0.1, 0.15) is 0 Å². The summed E-state index contributed by atoms with van der Waals surface area (Å²) in [4.78, 5) is 11.9. The third kappa shape index (κ3) is 3.76. The fraction of sp³-hybridized carbons (Fsp3) is 0.438. The highest BCUT2D eigenvalue weighted by Crippen LogP contribution is 2.32. The predicted molar refractivity (Wildman–Crippen MR) is 80.3 cm³/mol. The lowest BCUT2D eigenvalue weighted by atomic mass is 10.1. The molecule has 0 aliphatic carbocycles. The van der Waals surface area contributed by atoms with Crippen LogP contribution in [0.15, 0.2) is 24.3 Å². The number of nitrogens with one attached hydrogen (secondary N) is 2. The van der Waals surface area contributed by atoms with Gasteiger partial charge in [-0.3, -0.25) is 4.79 Å². The quantitative estimate of drug-likeness (QED) is 0.831. The van der Waals surface area contributed by atoms with Crippen LogP contribution in [-0.4, -0.2) is 31.8 Å². The Hall–Kier alpha value is -2.01. The lowest BCUT2D eigenvalue weighted by Gasteiger charge is -2.14. The molecule has 1 aromatic carbocycles. The van der Waals surface area contributed by atoms with Gasteiger partial charge in [-0.05, 0) is 43.2 Å². The third-order valence-electron chi connectivity index (χ3n) is 3.72. The first-order chi connectivity index (χ1) is 10.3. The van der Waals surface area contributed by atoms with Crippen LogP contribution in [0.2, 0.25) is 0 Å². The predicted octanol–water partition coefficient (Wildman–Crippen LogP) is 1.69. The number of carbonyl (C=O) groups excluding carboxylic acids is 1. The van der Waals surface area contributed by atoms with Crippen LogP contribution in [0.4, 0.5) is 0 Å². The largest absolute Gasteiger partial charge is 0.454 e. The van der Waals surface area contributed by atoms with Gasteiger partial charge < -0.3 is 20.1 Å². The van der Waals surface area contributed by atoms with E-state index in [2.05, 4.69) is 10.6 Å². The van der Waals surface area contributed by atoms with Gasteiger partial charge in [0.15, 0.2) is 11.5 Å². The van der Waals surface area contributed by atoms with Crippen LogP contribution in [0.1, 0.15) is 24.8 Å². The van der Waals surface area contributed by atoms with Crippen LogP contribution in [0.3, 0.4) is 0 Å². The second-order valence-corrected chi connectivity index (χ2v) is 5.35. The van der Waals surface area contributed by atoms with E-state index in [0.29, 0.717) is 0 Å². The third-order valence-corrected chi connectivity index (χ3v) is 3.72.